The number of pyridine rings is 1. The maximum absolute atomic E-state index is 11.6. The highest BCUT2D eigenvalue weighted by molar-refractivity contribution is 5.67. The normalized spacial score (nSPS) is 10.6. The molecule has 4 nitrogen and oxygen atoms in total. The summed E-state index contributed by atoms with van der Waals surface area (Å²) in [7, 11) is 0. The Hall–Kier alpha value is -2.62. The van der Waals surface area contributed by atoms with Crippen LogP contribution < -0.4 is 5.32 Å². The highest BCUT2D eigenvalue weighted by Crippen LogP contribution is 2.08. The van der Waals surface area contributed by atoms with Gasteiger partial charge in [0, 0.05) is 17.9 Å². The first kappa shape index (κ1) is 15.8. The Morgan fingerprint density at radius 2 is 1.95 bits per heavy atom. The lowest BCUT2D eigenvalue weighted by atomic mass is 10.2. The summed E-state index contributed by atoms with van der Waals surface area (Å²) in [5.74, 6) is 0. The van der Waals surface area contributed by atoms with Crippen LogP contribution in [-0.2, 0) is 11.3 Å². The number of aryl methyl sites for hydroxylation is 2. The molecule has 1 heterocycles. The molecule has 1 aromatic carbocycles. The maximum Gasteiger partial charge on any atom is 0.407 e. The molecule has 1 amide bonds. The largest absolute Gasteiger partial charge is 0.445 e. The molecule has 4 heteroatoms. The van der Waals surface area contributed by atoms with Crippen LogP contribution in [0, 0.1) is 13.8 Å². The molecule has 0 unspecified atom stereocenters. The Balaban J connectivity index is 1.73. The van der Waals surface area contributed by atoms with Crippen LogP contribution in [0.3, 0.4) is 0 Å². The molecule has 0 saturated carbocycles. The smallest absolute Gasteiger partial charge is 0.407 e. The van der Waals surface area contributed by atoms with Gasteiger partial charge in [0.25, 0.3) is 0 Å². The number of carbonyl (C=O) groups is 1. The summed E-state index contributed by atoms with van der Waals surface area (Å²) in [6.45, 7) is 4.62. The van der Waals surface area contributed by atoms with Crippen LogP contribution in [0.5, 0.6) is 0 Å². The molecule has 22 heavy (non-hydrogen) atoms. The first-order valence-electron chi connectivity index (χ1n) is 7.20. The van der Waals surface area contributed by atoms with Crippen molar-refractivity contribution in [2.24, 2.45) is 0 Å². The van der Waals surface area contributed by atoms with Gasteiger partial charge < -0.3 is 10.1 Å². The molecule has 1 N–H and O–H groups in total. The van der Waals surface area contributed by atoms with Gasteiger partial charge in [0.1, 0.15) is 6.61 Å². The average molecular weight is 296 g/mol. The second-order valence-electron chi connectivity index (χ2n) is 4.97. The van der Waals surface area contributed by atoms with Gasteiger partial charge in [-0.25, -0.2) is 4.79 Å². The number of hydrogen-bond donors (Lipinski definition) is 1. The third kappa shape index (κ3) is 5.05. The highest BCUT2D eigenvalue weighted by atomic mass is 16.5. The summed E-state index contributed by atoms with van der Waals surface area (Å²) in [5, 5.41) is 2.69. The van der Waals surface area contributed by atoms with Crippen LogP contribution in [0.1, 0.15) is 22.5 Å². The lowest BCUT2D eigenvalue weighted by Gasteiger charge is -2.05. The quantitative estimate of drug-likeness (QED) is 0.916. The fourth-order valence-corrected chi connectivity index (χ4v) is 1.98. The standard InChI is InChI=1S/C18H20N2O2/c1-14-10-11-17(15(2)20-14)9-6-12-19-18(21)22-13-16-7-4-3-5-8-16/h3-11H,12-13H2,1-2H3,(H,19,21). The van der Waals surface area contributed by atoms with Crippen molar-refractivity contribution in [2.45, 2.75) is 20.5 Å². The zero-order valence-corrected chi connectivity index (χ0v) is 12.9. The van der Waals surface area contributed by atoms with Gasteiger partial charge in [0.15, 0.2) is 0 Å². The number of rotatable bonds is 5. The van der Waals surface area contributed by atoms with Crippen LogP contribution in [0.15, 0.2) is 48.5 Å². The van der Waals surface area contributed by atoms with Gasteiger partial charge in [0.05, 0.1) is 0 Å². The minimum Gasteiger partial charge on any atom is -0.445 e. The van der Waals surface area contributed by atoms with Gasteiger partial charge in [-0.1, -0.05) is 48.6 Å². The Bertz CT molecular complexity index is 651. The predicted molar refractivity (Wildman–Crippen MR) is 87.4 cm³/mol. The van der Waals surface area contributed by atoms with E-state index in [9.17, 15) is 4.79 Å². The Morgan fingerprint density at radius 1 is 1.18 bits per heavy atom. The van der Waals surface area contributed by atoms with Crippen LogP contribution in [-0.4, -0.2) is 17.6 Å². The molecule has 2 aromatic rings. The summed E-state index contributed by atoms with van der Waals surface area (Å²) in [6, 6.07) is 13.6. The number of amides is 1. The fourth-order valence-electron chi connectivity index (χ4n) is 1.98. The molecule has 0 fully saturated rings. The van der Waals surface area contributed by atoms with Crippen molar-refractivity contribution in [3.8, 4) is 0 Å². The van der Waals surface area contributed by atoms with Crippen molar-refractivity contribution in [2.75, 3.05) is 6.54 Å². The van der Waals surface area contributed by atoms with E-state index < -0.39 is 6.09 Å². The molecule has 0 bridgehead atoms. The molecule has 0 atom stereocenters. The summed E-state index contributed by atoms with van der Waals surface area (Å²) in [6.07, 6.45) is 3.40. The van der Waals surface area contributed by atoms with Crippen molar-refractivity contribution in [1.82, 2.24) is 10.3 Å². The molecule has 0 aliphatic carbocycles. The second-order valence-corrected chi connectivity index (χ2v) is 4.97. The van der Waals surface area contributed by atoms with E-state index in [0.717, 1.165) is 22.5 Å². The molecule has 0 spiro atoms. The first-order chi connectivity index (χ1) is 10.6. The van der Waals surface area contributed by atoms with Gasteiger partial charge in [-0.15, -0.1) is 0 Å². The summed E-state index contributed by atoms with van der Waals surface area (Å²) >= 11 is 0. The Morgan fingerprint density at radius 3 is 2.68 bits per heavy atom. The molecule has 0 saturated heterocycles. The number of ether oxygens (including phenoxy) is 1. The number of hydrogen-bond acceptors (Lipinski definition) is 3. The molecule has 1 aromatic heterocycles. The summed E-state index contributed by atoms with van der Waals surface area (Å²) < 4.78 is 5.12. The molecular formula is C18H20N2O2. The minimum absolute atomic E-state index is 0.275. The van der Waals surface area contributed by atoms with Crippen molar-refractivity contribution < 1.29 is 9.53 Å². The fraction of sp³-hybridized carbons (Fsp3) is 0.222. The van der Waals surface area contributed by atoms with Gasteiger partial charge >= 0.3 is 6.09 Å². The second kappa shape index (κ2) is 7.98. The number of alkyl carbamates (subject to hydrolysis) is 1. The topological polar surface area (TPSA) is 51.2 Å². The van der Waals surface area contributed by atoms with Crippen LogP contribution >= 0.6 is 0 Å². The molecule has 0 aliphatic rings. The van der Waals surface area contributed by atoms with E-state index >= 15 is 0 Å². The van der Waals surface area contributed by atoms with E-state index in [1.807, 2.05) is 68.5 Å². The van der Waals surface area contributed by atoms with E-state index in [2.05, 4.69) is 10.3 Å². The SMILES string of the molecule is Cc1ccc(C=CCNC(=O)OCc2ccccc2)c(C)n1. The van der Waals surface area contributed by atoms with E-state index in [1.165, 1.54) is 0 Å². The van der Waals surface area contributed by atoms with E-state index in [1.54, 1.807) is 0 Å². The number of benzene rings is 1. The minimum atomic E-state index is -0.424. The maximum atomic E-state index is 11.6. The van der Waals surface area contributed by atoms with E-state index in [0.29, 0.717) is 6.54 Å². The van der Waals surface area contributed by atoms with Crippen molar-refractivity contribution in [3.63, 3.8) is 0 Å². The number of nitrogens with one attached hydrogen (secondary N) is 1. The van der Waals surface area contributed by atoms with Gasteiger partial charge in [0.2, 0.25) is 0 Å². The van der Waals surface area contributed by atoms with Crippen LogP contribution in [0.4, 0.5) is 4.79 Å². The number of carbonyl (C=O) groups excluding carboxylic acids is 1. The third-order valence-electron chi connectivity index (χ3n) is 3.14. The Labute approximate surface area is 130 Å². The van der Waals surface area contributed by atoms with Crippen molar-refractivity contribution in [1.29, 1.82) is 0 Å². The number of aromatic nitrogens is 1. The number of nitrogens with zero attached hydrogens (tertiary/aromatic N) is 1. The molecule has 114 valence electrons. The van der Waals surface area contributed by atoms with E-state index in [-0.39, 0.29) is 6.61 Å². The lowest BCUT2D eigenvalue weighted by molar-refractivity contribution is 0.141. The molecular weight excluding hydrogens is 276 g/mol. The summed E-state index contributed by atoms with van der Waals surface area (Å²) in [4.78, 5) is 15.9. The van der Waals surface area contributed by atoms with Crippen molar-refractivity contribution in [3.05, 3.63) is 71.1 Å². The average Bonchev–Trinajstić information content (AvgIpc) is 2.52. The van der Waals surface area contributed by atoms with Gasteiger partial charge in [-0.3, -0.25) is 4.98 Å². The molecule has 2 rings (SSSR count). The van der Waals surface area contributed by atoms with E-state index in [4.69, 9.17) is 4.74 Å². The Kier molecular flexibility index (Phi) is 5.72. The first-order valence-corrected chi connectivity index (χ1v) is 7.20. The highest BCUT2D eigenvalue weighted by Gasteiger charge is 2.00. The zero-order chi connectivity index (χ0) is 15.8. The van der Waals surface area contributed by atoms with Gasteiger partial charge in [-0.05, 0) is 31.0 Å². The zero-order valence-electron chi connectivity index (χ0n) is 12.9. The molecule has 0 aliphatic heterocycles. The summed E-state index contributed by atoms with van der Waals surface area (Å²) in [5.41, 5.74) is 3.99. The van der Waals surface area contributed by atoms with Crippen molar-refractivity contribution >= 4 is 12.2 Å². The van der Waals surface area contributed by atoms with Crippen LogP contribution in [0.25, 0.3) is 6.08 Å². The third-order valence-corrected chi connectivity index (χ3v) is 3.14. The monoisotopic (exact) mass is 296 g/mol. The molecule has 0 radical (unpaired) electrons. The van der Waals surface area contributed by atoms with Crippen LogP contribution in [0.2, 0.25) is 0 Å². The van der Waals surface area contributed by atoms with Gasteiger partial charge in [-0.2, -0.15) is 0 Å². The predicted octanol–water partition coefficient (Wildman–Crippen LogP) is 3.64. The lowest BCUT2D eigenvalue weighted by Crippen LogP contribution is -2.24.